The molecule has 0 aliphatic rings. The van der Waals surface area contributed by atoms with Crippen LogP contribution in [0.1, 0.15) is 5.76 Å². The quantitative estimate of drug-likeness (QED) is 0.891. The van der Waals surface area contributed by atoms with Gasteiger partial charge in [-0.05, 0) is 12.1 Å². The average molecular weight is 268 g/mol. The van der Waals surface area contributed by atoms with Crippen molar-refractivity contribution in [2.75, 3.05) is 20.6 Å². The lowest BCUT2D eigenvalue weighted by Crippen LogP contribution is -2.36. The van der Waals surface area contributed by atoms with Gasteiger partial charge in [-0.3, -0.25) is 0 Å². The van der Waals surface area contributed by atoms with E-state index in [1.54, 1.807) is 0 Å². The van der Waals surface area contributed by atoms with E-state index in [-0.39, 0.29) is 0 Å². The molecule has 6 heteroatoms. The van der Waals surface area contributed by atoms with Gasteiger partial charge in [-0.1, -0.05) is 18.2 Å². The van der Waals surface area contributed by atoms with Gasteiger partial charge in [-0.25, -0.2) is 4.72 Å². The number of rotatable bonds is 5. The normalized spacial score (nSPS) is 12.4. The highest BCUT2D eigenvalue weighted by Crippen LogP contribution is 2.18. The lowest BCUT2D eigenvalue weighted by atomic mass is 10.2. The van der Waals surface area contributed by atoms with E-state index in [0.29, 0.717) is 13.0 Å². The lowest BCUT2D eigenvalue weighted by Gasteiger charge is -2.11. The van der Waals surface area contributed by atoms with Gasteiger partial charge in [-0.2, -0.15) is 12.7 Å². The summed E-state index contributed by atoms with van der Waals surface area (Å²) >= 11 is 0. The van der Waals surface area contributed by atoms with Crippen LogP contribution in [0.25, 0.3) is 11.0 Å². The minimum absolute atomic E-state index is 0.320. The van der Waals surface area contributed by atoms with Crippen molar-refractivity contribution < 1.29 is 12.8 Å². The van der Waals surface area contributed by atoms with Crippen LogP contribution < -0.4 is 4.72 Å². The highest BCUT2D eigenvalue weighted by Gasteiger charge is 2.12. The van der Waals surface area contributed by atoms with Crippen LogP contribution in [-0.4, -0.2) is 33.4 Å². The van der Waals surface area contributed by atoms with E-state index in [1.807, 2.05) is 30.3 Å². The van der Waals surface area contributed by atoms with Gasteiger partial charge in [0.1, 0.15) is 11.3 Å². The molecule has 0 saturated heterocycles. The summed E-state index contributed by atoms with van der Waals surface area (Å²) in [4.78, 5) is 0. The predicted molar refractivity (Wildman–Crippen MR) is 70.5 cm³/mol. The number of hydrogen-bond donors (Lipinski definition) is 1. The molecule has 2 aromatic rings. The third kappa shape index (κ3) is 2.90. The summed E-state index contributed by atoms with van der Waals surface area (Å²) in [7, 11) is -0.378. The number of furan rings is 1. The Morgan fingerprint density at radius 1 is 1.28 bits per heavy atom. The number of nitrogens with zero attached hydrogens (tertiary/aromatic N) is 1. The van der Waals surface area contributed by atoms with Gasteiger partial charge in [0.05, 0.1) is 0 Å². The van der Waals surface area contributed by atoms with E-state index >= 15 is 0 Å². The third-order valence-corrected chi connectivity index (χ3v) is 4.14. The monoisotopic (exact) mass is 268 g/mol. The fourth-order valence-corrected chi connectivity index (χ4v) is 2.21. The molecule has 0 aliphatic heterocycles. The fraction of sp³-hybridized carbons (Fsp3) is 0.333. The summed E-state index contributed by atoms with van der Waals surface area (Å²) in [6.45, 7) is 0.320. The number of fused-ring (bicyclic) bond motifs is 1. The van der Waals surface area contributed by atoms with Gasteiger partial charge in [0.25, 0.3) is 10.2 Å². The first-order valence-corrected chi connectivity index (χ1v) is 7.07. The number of nitrogens with one attached hydrogen (secondary N) is 1. The molecule has 1 heterocycles. The van der Waals surface area contributed by atoms with E-state index in [9.17, 15) is 8.42 Å². The molecule has 0 fully saturated rings. The van der Waals surface area contributed by atoms with E-state index in [4.69, 9.17) is 4.42 Å². The summed E-state index contributed by atoms with van der Waals surface area (Å²) in [6.07, 6.45) is 0.530. The summed E-state index contributed by atoms with van der Waals surface area (Å²) in [5.41, 5.74) is 0.822. The van der Waals surface area contributed by atoms with Gasteiger partial charge in [0.15, 0.2) is 0 Å². The standard InChI is InChI=1S/C12H16N2O3S/c1-14(2)18(15,16)13-8-7-11-9-10-5-3-4-6-12(10)17-11/h3-6,9,13H,7-8H2,1-2H3. The van der Waals surface area contributed by atoms with Crippen molar-refractivity contribution in [2.45, 2.75) is 6.42 Å². The van der Waals surface area contributed by atoms with Gasteiger partial charge >= 0.3 is 0 Å². The largest absolute Gasteiger partial charge is 0.461 e. The van der Waals surface area contributed by atoms with Crippen LogP contribution in [0.5, 0.6) is 0 Å². The van der Waals surface area contributed by atoms with Crippen molar-refractivity contribution in [3.63, 3.8) is 0 Å². The molecule has 2 rings (SSSR count). The molecule has 0 saturated carbocycles. The Hall–Kier alpha value is -1.37. The Labute approximate surface area is 107 Å². The van der Waals surface area contributed by atoms with Crippen molar-refractivity contribution >= 4 is 21.2 Å². The van der Waals surface area contributed by atoms with Crippen LogP contribution in [0.15, 0.2) is 34.7 Å². The van der Waals surface area contributed by atoms with Crippen LogP contribution in [0.2, 0.25) is 0 Å². The van der Waals surface area contributed by atoms with Crippen molar-refractivity contribution in [3.05, 3.63) is 36.1 Å². The molecule has 18 heavy (non-hydrogen) atoms. The minimum atomic E-state index is -3.36. The molecule has 0 aliphatic carbocycles. The van der Waals surface area contributed by atoms with Crippen LogP contribution in [0.4, 0.5) is 0 Å². The van der Waals surface area contributed by atoms with Crippen molar-refractivity contribution in [1.82, 2.24) is 9.03 Å². The van der Waals surface area contributed by atoms with Gasteiger partial charge in [0.2, 0.25) is 0 Å². The molecule has 98 valence electrons. The number of hydrogen-bond acceptors (Lipinski definition) is 3. The Balaban J connectivity index is 1.99. The predicted octanol–water partition coefficient (Wildman–Crippen LogP) is 1.37. The zero-order chi connectivity index (χ0) is 13.2. The second kappa shape index (κ2) is 5.09. The molecule has 0 unspecified atom stereocenters. The molecule has 1 aromatic carbocycles. The fourth-order valence-electron chi connectivity index (χ4n) is 1.59. The molecule has 0 radical (unpaired) electrons. The van der Waals surface area contributed by atoms with E-state index < -0.39 is 10.2 Å². The lowest BCUT2D eigenvalue weighted by molar-refractivity contribution is 0.500. The van der Waals surface area contributed by atoms with Crippen molar-refractivity contribution in [1.29, 1.82) is 0 Å². The first kappa shape index (κ1) is 13.1. The Morgan fingerprint density at radius 2 is 2.00 bits per heavy atom. The SMILES string of the molecule is CN(C)S(=O)(=O)NCCc1cc2ccccc2o1. The maximum atomic E-state index is 11.5. The highest BCUT2D eigenvalue weighted by atomic mass is 32.2. The summed E-state index contributed by atoms with van der Waals surface area (Å²) < 4.78 is 32.2. The zero-order valence-corrected chi connectivity index (χ0v) is 11.2. The second-order valence-corrected chi connectivity index (χ2v) is 6.15. The maximum absolute atomic E-state index is 11.5. The molecule has 1 N–H and O–H groups in total. The number of benzene rings is 1. The van der Waals surface area contributed by atoms with Crippen LogP contribution in [-0.2, 0) is 16.6 Å². The second-order valence-electron chi connectivity index (χ2n) is 4.18. The van der Waals surface area contributed by atoms with Crippen molar-refractivity contribution in [2.24, 2.45) is 0 Å². The van der Waals surface area contributed by atoms with E-state index in [2.05, 4.69) is 4.72 Å². The van der Waals surface area contributed by atoms with Gasteiger partial charge < -0.3 is 4.42 Å². The molecular formula is C12H16N2O3S. The Bertz CT molecular complexity index is 599. The molecule has 0 atom stereocenters. The van der Waals surface area contributed by atoms with Crippen LogP contribution >= 0.6 is 0 Å². The van der Waals surface area contributed by atoms with Crippen LogP contribution in [0.3, 0.4) is 0 Å². The smallest absolute Gasteiger partial charge is 0.278 e. The van der Waals surface area contributed by atoms with Gasteiger partial charge in [-0.15, -0.1) is 0 Å². The maximum Gasteiger partial charge on any atom is 0.278 e. The molecule has 0 amide bonds. The van der Waals surface area contributed by atoms with E-state index in [0.717, 1.165) is 21.0 Å². The zero-order valence-electron chi connectivity index (χ0n) is 10.4. The third-order valence-electron chi connectivity index (χ3n) is 2.61. The first-order chi connectivity index (χ1) is 8.49. The Morgan fingerprint density at radius 3 is 2.67 bits per heavy atom. The Kier molecular flexibility index (Phi) is 3.70. The molecule has 0 bridgehead atoms. The summed E-state index contributed by atoms with van der Waals surface area (Å²) in [6, 6.07) is 9.63. The topological polar surface area (TPSA) is 62.6 Å². The first-order valence-electron chi connectivity index (χ1n) is 5.63. The average Bonchev–Trinajstić information content (AvgIpc) is 2.70. The highest BCUT2D eigenvalue weighted by molar-refractivity contribution is 7.87. The molecule has 1 aromatic heterocycles. The number of para-hydroxylation sites is 1. The van der Waals surface area contributed by atoms with Crippen molar-refractivity contribution in [3.8, 4) is 0 Å². The molecule has 0 spiro atoms. The molecular weight excluding hydrogens is 252 g/mol. The minimum Gasteiger partial charge on any atom is -0.461 e. The molecule has 5 nitrogen and oxygen atoms in total. The van der Waals surface area contributed by atoms with Crippen LogP contribution in [0, 0.1) is 0 Å². The summed E-state index contributed by atoms with van der Waals surface area (Å²) in [5.74, 6) is 0.776. The van der Waals surface area contributed by atoms with E-state index in [1.165, 1.54) is 14.1 Å². The summed E-state index contributed by atoms with van der Waals surface area (Å²) in [5, 5.41) is 1.03. The van der Waals surface area contributed by atoms with Gasteiger partial charge in [0, 0.05) is 32.4 Å².